The van der Waals surface area contributed by atoms with Gasteiger partial charge in [0.1, 0.15) is 0 Å². The first-order valence-corrected chi connectivity index (χ1v) is 3.14. The summed E-state index contributed by atoms with van der Waals surface area (Å²) in [6, 6.07) is 0. The predicted molar refractivity (Wildman–Crippen MR) is 41.4 cm³/mol. The van der Waals surface area contributed by atoms with E-state index in [2.05, 4.69) is 6.58 Å². The minimum Gasteiger partial charge on any atom is -0.481 e. The first kappa shape index (κ1) is 12.8. The largest absolute Gasteiger partial charge is 0.481 e. The minimum absolute atomic E-state index is 0.0911. The molecule has 0 saturated carbocycles. The number of carbonyl (C=O) groups is 1. The molecule has 0 amide bonds. The van der Waals surface area contributed by atoms with E-state index < -0.39 is 5.97 Å². The van der Waals surface area contributed by atoms with Gasteiger partial charge < -0.3 is 14.9 Å². The van der Waals surface area contributed by atoms with E-state index in [1.54, 1.807) is 6.08 Å². The Kier molecular flexibility index (Phi) is 13.8. The van der Waals surface area contributed by atoms with Crippen molar-refractivity contribution in [2.45, 2.75) is 6.92 Å². The van der Waals surface area contributed by atoms with Crippen LogP contribution in [0.25, 0.3) is 0 Å². The highest BCUT2D eigenvalue weighted by molar-refractivity contribution is 5.62. The summed E-state index contributed by atoms with van der Waals surface area (Å²) in [7, 11) is 0. The number of hydrogen-bond donors (Lipinski definition) is 2. The van der Waals surface area contributed by atoms with Gasteiger partial charge in [0.15, 0.2) is 0 Å². The number of aliphatic carboxylic acids is 1. The molecule has 4 nitrogen and oxygen atoms in total. The molecule has 0 aromatic rings. The molecule has 0 radical (unpaired) electrons. The van der Waals surface area contributed by atoms with E-state index in [-0.39, 0.29) is 6.61 Å². The van der Waals surface area contributed by atoms with Crippen molar-refractivity contribution in [3.63, 3.8) is 0 Å². The summed E-state index contributed by atoms with van der Waals surface area (Å²) in [5.41, 5.74) is 0. The van der Waals surface area contributed by atoms with Gasteiger partial charge in [-0.05, 0) is 0 Å². The van der Waals surface area contributed by atoms with Gasteiger partial charge in [0, 0.05) is 6.92 Å². The van der Waals surface area contributed by atoms with Crippen LogP contribution >= 0.6 is 0 Å². The van der Waals surface area contributed by atoms with Crippen molar-refractivity contribution < 1.29 is 19.7 Å². The molecule has 0 aliphatic heterocycles. The molecule has 0 saturated heterocycles. The fraction of sp³-hybridized carbons (Fsp3) is 0.571. The van der Waals surface area contributed by atoms with Crippen molar-refractivity contribution in [1.29, 1.82) is 0 Å². The molecule has 0 unspecified atom stereocenters. The van der Waals surface area contributed by atoms with Crippen LogP contribution in [-0.4, -0.2) is 36.0 Å². The molecular formula is C7H14O4. The van der Waals surface area contributed by atoms with Gasteiger partial charge in [-0.25, -0.2) is 0 Å². The molecule has 0 bridgehead atoms. The van der Waals surface area contributed by atoms with Gasteiger partial charge in [0.05, 0.1) is 19.8 Å². The van der Waals surface area contributed by atoms with Crippen LogP contribution in [0.3, 0.4) is 0 Å². The van der Waals surface area contributed by atoms with E-state index >= 15 is 0 Å². The number of aliphatic hydroxyl groups is 1. The molecule has 0 aromatic heterocycles. The normalized spacial score (nSPS) is 7.82. The monoisotopic (exact) mass is 162 g/mol. The average Bonchev–Trinajstić information content (AvgIpc) is 1.88. The third-order valence-corrected chi connectivity index (χ3v) is 0.471. The zero-order valence-corrected chi connectivity index (χ0v) is 6.62. The second kappa shape index (κ2) is 11.9. The highest BCUT2D eigenvalue weighted by Gasteiger charge is 1.75. The summed E-state index contributed by atoms with van der Waals surface area (Å²) >= 11 is 0. The number of rotatable bonds is 4. The van der Waals surface area contributed by atoms with E-state index in [4.69, 9.17) is 19.7 Å². The average molecular weight is 162 g/mol. The number of ether oxygens (including phenoxy) is 1. The predicted octanol–water partition coefficient (Wildman–Crippen LogP) is 0.272. The van der Waals surface area contributed by atoms with Gasteiger partial charge in [-0.15, -0.1) is 6.58 Å². The Morgan fingerprint density at radius 2 is 2.18 bits per heavy atom. The van der Waals surface area contributed by atoms with Gasteiger partial charge in [-0.2, -0.15) is 0 Å². The summed E-state index contributed by atoms with van der Waals surface area (Å²) in [6.45, 7) is 5.54. The lowest BCUT2D eigenvalue weighted by Crippen LogP contribution is -1.97. The van der Waals surface area contributed by atoms with Crippen molar-refractivity contribution >= 4 is 5.97 Å². The van der Waals surface area contributed by atoms with Gasteiger partial charge in [0.25, 0.3) is 5.97 Å². The second-order valence-electron chi connectivity index (χ2n) is 1.61. The molecule has 0 aliphatic rings. The van der Waals surface area contributed by atoms with Crippen LogP contribution in [0.1, 0.15) is 6.92 Å². The molecule has 0 spiro atoms. The maximum Gasteiger partial charge on any atom is 0.300 e. The quantitative estimate of drug-likeness (QED) is 0.460. The summed E-state index contributed by atoms with van der Waals surface area (Å²) < 4.78 is 4.76. The van der Waals surface area contributed by atoms with Crippen molar-refractivity contribution in [3.05, 3.63) is 12.7 Å². The summed E-state index contributed by atoms with van der Waals surface area (Å²) in [4.78, 5) is 9.00. The van der Waals surface area contributed by atoms with Gasteiger partial charge in [-0.1, -0.05) is 6.08 Å². The zero-order valence-electron chi connectivity index (χ0n) is 6.62. The molecule has 66 valence electrons. The Balaban J connectivity index is 0. The third-order valence-electron chi connectivity index (χ3n) is 0.471. The Hall–Kier alpha value is -0.870. The van der Waals surface area contributed by atoms with Crippen LogP contribution in [0.5, 0.6) is 0 Å². The number of carboxylic acids is 1. The first-order valence-electron chi connectivity index (χ1n) is 3.14. The Bertz CT molecular complexity index is 96.6. The van der Waals surface area contributed by atoms with Crippen molar-refractivity contribution in [3.8, 4) is 0 Å². The van der Waals surface area contributed by atoms with Gasteiger partial charge >= 0.3 is 0 Å². The molecule has 11 heavy (non-hydrogen) atoms. The Morgan fingerprint density at radius 1 is 1.73 bits per heavy atom. The second-order valence-corrected chi connectivity index (χ2v) is 1.61. The van der Waals surface area contributed by atoms with E-state index in [0.717, 1.165) is 6.92 Å². The molecule has 0 heterocycles. The van der Waals surface area contributed by atoms with Gasteiger partial charge in [0.2, 0.25) is 0 Å². The Morgan fingerprint density at radius 3 is 2.45 bits per heavy atom. The molecule has 0 rings (SSSR count). The lowest BCUT2D eigenvalue weighted by atomic mass is 10.7. The molecule has 0 fully saturated rings. The lowest BCUT2D eigenvalue weighted by molar-refractivity contribution is -0.134. The SMILES string of the molecule is C=CCOCCO.CC(=O)O. The number of aliphatic hydroxyl groups excluding tert-OH is 1. The first-order chi connectivity index (χ1) is 5.15. The van der Waals surface area contributed by atoms with E-state index in [0.29, 0.717) is 13.2 Å². The van der Waals surface area contributed by atoms with Crippen LogP contribution in [0.2, 0.25) is 0 Å². The van der Waals surface area contributed by atoms with E-state index in [9.17, 15) is 0 Å². The molecule has 0 aliphatic carbocycles. The molecule has 4 heteroatoms. The smallest absolute Gasteiger partial charge is 0.300 e. The van der Waals surface area contributed by atoms with Gasteiger partial charge in [-0.3, -0.25) is 4.79 Å². The standard InChI is InChI=1S/C5H10O2.C2H4O2/c1-2-4-7-5-3-6;1-2(3)4/h2,6H,1,3-5H2;1H3,(H,3,4). The van der Waals surface area contributed by atoms with E-state index in [1.807, 2.05) is 0 Å². The number of hydrogen-bond acceptors (Lipinski definition) is 3. The van der Waals surface area contributed by atoms with Crippen LogP contribution in [0, 0.1) is 0 Å². The molecule has 0 aromatic carbocycles. The van der Waals surface area contributed by atoms with Crippen molar-refractivity contribution in [2.24, 2.45) is 0 Å². The van der Waals surface area contributed by atoms with Crippen LogP contribution < -0.4 is 0 Å². The molecule has 2 N–H and O–H groups in total. The summed E-state index contributed by atoms with van der Waals surface area (Å²) in [5, 5.41) is 15.6. The van der Waals surface area contributed by atoms with E-state index in [1.165, 1.54) is 0 Å². The maximum atomic E-state index is 9.00. The van der Waals surface area contributed by atoms with Crippen molar-refractivity contribution in [1.82, 2.24) is 0 Å². The highest BCUT2D eigenvalue weighted by atomic mass is 16.5. The Labute approximate surface area is 66.1 Å². The molecule has 0 atom stereocenters. The summed E-state index contributed by atoms with van der Waals surface area (Å²) in [6.07, 6.45) is 1.65. The summed E-state index contributed by atoms with van der Waals surface area (Å²) in [5.74, 6) is -0.833. The van der Waals surface area contributed by atoms with Crippen LogP contribution in [-0.2, 0) is 9.53 Å². The fourth-order valence-electron chi connectivity index (χ4n) is 0.231. The van der Waals surface area contributed by atoms with Crippen LogP contribution in [0.4, 0.5) is 0 Å². The maximum absolute atomic E-state index is 9.00. The van der Waals surface area contributed by atoms with Crippen LogP contribution in [0.15, 0.2) is 12.7 Å². The lowest BCUT2D eigenvalue weighted by Gasteiger charge is -1.92. The minimum atomic E-state index is -0.833. The molecular weight excluding hydrogens is 148 g/mol. The topological polar surface area (TPSA) is 66.8 Å². The highest BCUT2D eigenvalue weighted by Crippen LogP contribution is 1.70. The van der Waals surface area contributed by atoms with Crippen molar-refractivity contribution in [2.75, 3.05) is 19.8 Å². The zero-order chi connectivity index (χ0) is 9.11. The fourth-order valence-corrected chi connectivity index (χ4v) is 0.231. The third kappa shape index (κ3) is 47.4. The number of carboxylic acid groups (broad SMARTS) is 1.